The van der Waals surface area contributed by atoms with Crippen LogP contribution in [0.1, 0.15) is 10.4 Å². The van der Waals surface area contributed by atoms with Gasteiger partial charge in [-0.2, -0.15) is 5.26 Å². The van der Waals surface area contributed by atoms with E-state index in [0.29, 0.717) is 22.0 Å². The van der Waals surface area contributed by atoms with Gasteiger partial charge in [0.2, 0.25) is 0 Å². The number of amides is 1. The van der Waals surface area contributed by atoms with E-state index >= 15 is 0 Å². The van der Waals surface area contributed by atoms with Crippen LogP contribution in [0.15, 0.2) is 48.5 Å². The monoisotopic (exact) mass is 286 g/mol. The zero-order valence-corrected chi connectivity index (χ0v) is 11.2. The Bertz CT molecular complexity index is 665. The first-order chi connectivity index (χ1) is 9.69. The summed E-state index contributed by atoms with van der Waals surface area (Å²) in [5, 5.41) is 11.7. The molecule has 0 bridgehead atoms. The molecule has 0 aliphatic rings. The topological polar surface area (TPSA) is 62.1 Å². The molecule has 2 rings (SSSR count). The molecule has 0 saturated carbocycles. The number of benzene rings is 2. The molecular weight excluding hydrogens is 276 g/mol. The maximum absolute atomic E-state index is 12.0. The highest BCUT2D eigenvalue weighted by Crippen LogP contribution is 2.18. The van der Waals surface area contributed by atoms with Gasteiger partial charge < -0.3 is 10.1 Å². The molecule has 20 heavy (non-hydrogen) atoms. The lowest BCUT2D eigenvalue weighted by Gasteiger charge is -2.07. The molecule has 0 heterocycles. The third kappa shape index (κ3) is 3.74. The first kappa shape index (κ1) is 13.9. The normalized spacial score (nSPS) is 9.60. The van der Waals surface area contributed by atoms with Crippen LogP contribution in [-0.2, 0) is 0 Å². The number of rotatable bonds is 4. The van der Waals surface area contributed by atoms with Gasteiger partial charge in [0.15, 0.2) is 6.61 Å². The largest absolute Gasteiger partial charge is 0.479 e. The minimum Gasteiger partial charge on any atom is -0.479 e. The molecule has 0 radical (unpaired) electrons. The van der Waals surface area contributed by atoms with Gasteiger partial charge in [0, 0.05) is 22.3 Å². The second-order valence-corrected chi connectivity index (χ2v) is 4.38. The van der Waals surface area contributed by atoms with E-state index in [4.69, 9.17) is 21.6 Å². The summed E-state index contributed by atoms with van der Waals surface area (Å²) in [4.78, 5) is 12.0. The van der Waals surface area contributed by atoms with Crippen LogP contribution in [0.2, 0.25) is 5.02 Å². The maximum Gasteiger partial charge on any atom is 0.255 e. The average molecular weight is 287 g/mol. The van der Waals surface area contributed by atoms with Gasteiger partial charge in [-0.1, -0.05) is 23.7 Å². The molecule has 0 aliphatic carbocycles. The summed E-state index contributed by atoms with van der Waals surface area (Å²) in [5.41, 5.74) is 1.06. The zero-order valence-electron chi connectivity index (χ0n) is 10.5. The van der Waals surface area contributed by atoms with Crippen molar-refractivity contribution in [2.24, 2.45) is 0 Å². The van der Waals surface area contributed by atoms with Crippen molar-refractivity contribution in [1.82, 2.24) is 0 Å². The Balaban J connectivity index is 2.10. The number of nitrogens with zero attached hydrogens (tertiary/aromatic N) is 1. The van der Waals surface area contributed by atoms with Crippen LogP contribution in [0.3, 0.4) is 0 Å². The Morgan fingerprint density at radius 2 is 2.05 bits per heavy atom. The highest BCUT2D eigenvalue weighted by Gasteiger charge is 2.07. The van der Waals surface area contributed by atoms with Gasteiger partial charge in [0.1, 0.15) is 11.8 Å². The van der Waals surface area contributed by atoms with E-state index in [1.807, 2.05) is 6.07 Å². The number of halogens is 1. The highest BCUT2D eigenvalue weighted by molar-refractivity contribution is 6.31. The van der Waals surface area contributed by atoms with Gasteiger partial charge in [-0.15, -0.1) is 0 Å². The minimum atomic E-state index is -0.259. The molecule has 0 spiro atoms. The molecule has 0 aliphatic heterocycles. The van der Waals surface area contributed by atoms with Gasteiger partial charge in [-0.05, 0) is 30.3 Å². The standard InChI is InChI=1S/C15H11ClN2O2/c16-12-4-1-3-11(9-12)15(19)18-13-5-2-6-14(10-13)20-8-7-17/h1-6,9-10H,8H2,(H,18,19). The van der Waals surface area contributed by atoms with Gasteiger partial charge in [0.25, 0.3) is 5.91 Å². The summed E-state index contributed by atoms with van der Waals surface area (Å²) in [6, 6.07) is 15.4. The van der Waals surface area contributed by atoms with Crippen molar-refractivity contribution in [3.63, 3.8) is 0 Å². The predicted octanol–water partition coefficient (Wildman–Crippen LogP) is 3.49. The summed E-state index contributed by atoms with van der Waals surface area (Å²) in [5.74, 6) is 0.264. The van der Waals surface area contributed by atoms with E-state index in [1.54, 1.807) is 48.5 Å². The molecule has 0 fully saturated rings. The first-order valence-electron chi connectivity index (χ1n) is 5.86. The quantitative estimate of drug-likeness (QED) is 0.936. The molecule has 2 aromatic rings. The number of ether oxygens (including phenoxy) is 1. The summed E-state index contributed by atoms with van der Waals surface area (Å²) in [6.45, 7) is -0.0360. The lowest BCUT2D eigenvalue weighted by molar-refractivity contribution is 0.102. The number of hydrogen-bond acceptors (Lipinski definition) is 3. The fourth-order valence-corrected chi connectivity index (χ4v) is 1.80. The molecule has 0 aromatic heterocycles. The van der Waals surface area contributed by atoms with Crippen LogP contribution in [0.5, 0.6) is 5.75 Å². The van der Waals surface area contributed by atoms with E-state index in [0.717, 1.165) is 0 Å². The SMILES string of the molecule is N#CCOc1cccc(NC(=O)c2cccc(Cl)c2)c1. The Morgan fingerprint density at radius 3 is 2.80 bits per heavy atom. The molecule has 1 amide bonds. The predicted molar refractivity (Wildman–Crippen MR) is 77.0 cm³/mol. The molecule has 1 N–H and O–H groups in total. The van der Waals surface area contributed by atoms with E-state index in [2.05, 4.69) is 5.32 Å². The van der Waals surface area contributed by atoms with E-state index in [9.17, 15) is 4.79 Å². The second kappa shape index (κ2) is 6.60. The highest BCUT2D eigenvalue weighted by atomic mass is 35.5. The van der Waals surface area contributed by atoms with Crippen molar-refractivity contribution in [2.75, 3.05) is 11.9 Å². The Labute approximate surface area is 121 Å². The first-order valence-corrected chi connectivity index (χ1v) is 6.23. The molecule has 0 unspecified atom stereocenters. The average Bonchev–Trinajstić information content (AvgIpc) is 2.45. The molecular formula is C15H11ClN2O2. The smallest absolute Gasteiger partial charge is 0.255 e. The van der Waals surface area contributed by atoms with Gasteiger partial charge in [0.05, 0.1) is 0 Å². The third-order valence-electron chi connectivity index (χ3n) is 2.48. The number of carbonyl (C=O) groups is 1. The fraction of sp³-hybridized carbons (Fsp3) is 0.0667. The van der Waals surface area contributed by atoms with Crippen molar-refractivity contribution in [2.45, 2.75) is 0 Å². The van der Waals surface area contributed by atoms with Crippen LogP contribution in [0, 0.1) is 11.3 Å². The van der Waals surface area contributed by atoms with Crippen LogP contribution < -0.4 is 10.1 Å². The van der Waals surface area contributed by atoms with Gasteiger partial charge in [-0.25, -0.2) is 0 Å². The number of nitrogens with one attached hydrogen (secondary N) is 1. The Morgan fingerprint density at radius 1 is 1.25 bits per heavy atom. The lowest BCUT2D eigenvalue weighted by atomic mass is 10.2. The number of carbonyl (C=O) groups excluding carboxylic acids is 1. The molecule has 5 heteroatoms. The molecule has 4 nitrogen and oxygen atoms in total. The van der Waals surface area contributed by atoms with Crippen LogP contribution in [-0.4, -0.2) is 12.5 Å². The maximum atomic E-state index is 12.0. The molecule has 100 valence electrons. The summed E-state index contributed by atoms with van der Waals surface area (Å²) >= 11 is 5.84. The fourth-order valence-electron chi connectivity index (χ4n) is 1.61. The van der Waals surface area contributed by atoms with Gasteiger partial charge in [-0.3, -0.25) is 4.79 Å². The lowest BCUT2D eigenvalue weighted by Crippen LogP contribution is -2.11. The number of hydrogen-bond donors (Lipinski definition) is 1. The van der Waals surface area contributed by atoms with Crippen LogP contribution in [0.25, 0.3) is 0 Å². The number of nitriles is 1. The number of anilines is 1. The Hall–Kier alpha value is -2.51. The third-order valence-corrected chi connectivity index (χ3v) is 2.72. The zero-order chi connectivity index (χ0) is 14.4. The summed E-state index contributed by atoms with van der Waals surface area (Å²) < 4.78 is 5.17. The van der Waals surface area contributed by atoms with E-state index < -0.39 is 0 Å². The van der Waals surface area contributed by atoms with Crippen molar-refractivity contribution < 1.29 is 9.53 Å². The second-order valence-electron chi connectivity index (χ2n) is 3.94. The van der Waals surface area contributed by atoms with Crippen molar-refractivity contribution in [1.29, 1.82) is 5.26 Å². The van der Waals surface area contributed by atoms with Crippen molar-refractivity contribution in [3.05, 3.63) is 59.1 Å². The van der Waals surface area contributed by atoms with Crippen LogP contribution >= 0.6 is 11.6 Å². The minimum absolute atomic E-state index is 0.0360. The summed E-state index contributed by atoms with van der Waals surface area (Å²) in [7, 11) is 0. The Kier molecular flexibility index (Phi) is 4.59. The van der Waals surface area contributed by atoms with Gasteiger partial charge >= 0.3 is 0 Å². The van der Waals surface area contributed by atoms with E-state index in [1.165, 1.54) is 0 Å². The van der Waals surface area contributed by atoms with Crippen molar-refractivity contribution in [3.8, 4) is 11.8 Å². The van der Waals surface area contributed by atoms with Crippen LogP contribution in [0.4, 0.5) is 5.69 Å². The molecule has 2 aromatic carbocycles. The van der Waals surface area contributed by atoms with E-state index in [-0.39, 0.29) is 12.5 Å². The summed E-state index contributed by atoms with van der Waals surface area (Å²) in [6.07, 6.45) is 0. The molecule has 0 saturated heterocycles. The van der Waals surface area contributed by atoms with Crippen molar-refractivity contribution >= 4 is 23.2 Å². The molecule has 0 atom stereocenters.